The van der Waals surface area contributed by atoms with E-state index in [-0.39, 0.29) is 22.9 Å². The molecule has 6 heteroatoms. The Morgan fingerprint density at radius 2 is 2.05 bits per heavy atom. The van der Waals surface area contributed by atoms with E-state index in [1.807, 2.05) is 6.92 Å². The molecule has 0 saturated carbocycles. The molecular weight excluding hydrogens is 261 g/mol. The van der Waals surface area contributed by atoms with Crippen LogP contribution in [-0.4, -0.2) is 22.6 Å². The third-order valence-corrected chi connectivity index (χ3v) is 2.83. The number of aromatic carboxylic acids is 1. The number of carbonyl (C=O) groups is 1. The quantitative estimate of drug-likeness (QED) is 0.896. The summed E-state index contributed by atoms with van der Waals surface area (Å²) in [7, 11) is 0. The minimum atomic E-state index is -1.11. The highest BCUT2D eigenvalue weighted by atomic mass is 19.1. The average molecular weight is 275 g/mol. The summed E-state index contributed by atoms with van der Waals surface area (Å²) in [6.45, 7) is 2.34. The summed E-state index contributed by atoms with van der Waals surface area (Å²) in [6.07, 6.45) is 1.40. The maximum Gasteiger partial charge on any atom is 0.339 e. The Morgan fingerprint density at radius 3 is 2.60 bits per heavy atom. The largest absolute Gasteiger partial charge is 0.478 e. The molecule has 5 nitrogen and oxygen atoms in total. The van der Waals surface area contributed by atoms with E-state index in [2.05, 4.69) is 4.98 Å². The molecule has 0 spiro atoms. The average Bonchev–Trinajstić information content (AvgIpc) is 2.43. The van der Waals surface area contributed by atoms with E-state index in [1.165, 1.54) is 24.4 Å². The summed E-state index contributed by atoms with van der Waals surface area (Å²) >= 11 is 0. The van der Waals surface area contributed by atoms with Crippen molar-refractivity contribution in [2.45, 2.75) is 6.92 Å². The molecule has 0 fully saturated rings. The first-order chi connectivity index (χ1) is 9.52. The second-order valence-electron chi connectivity index (χ2n) is 4.17. The van der Waals surface area contributed by atoms with Gasteiger partial charge in [0, 0.05) is 12.2 Å². The van der Waals surface area contributed by atoms with E-state index in [0.717, 1.165) is 0 Å². The van der Waals surface area contributed by atoms with Gasteiger partial charge in [-0.2, -0.15) is 0 Å². The van der Waals surface area contributed by atoms with Gasteiger partial charge in [-0.1, -0.05) is 0 Å². The van der Waals surface area contributed by atoms with Gasteiger partial charge in [-0.05, 0) is 37.3 Å². The fraction of sp³-hybridized carbons (Fsp3) is 0.143. The molecule has 0 atom stereocenters. The molecule has 20 heavy (non-hydrogen) atoms. The first kappa shape index (κ1) is 13.8. The molecule has 104 valence electrons. The van der Waals surface area contributed by atoms with Crippen LogP contribution in [0.15, 0.2) is 36.5 Å². The van der Waals surface area contributed by atoms with Gasteiger partial charge in [-0.3, -0.25) is 0 Å². The number of halogens is 1. The van der Waals surface area contributed by atoms with Crippen LogP contribution in [0.4, 0.5) is 21.6 Å². The summed E-state index contributed by atoms with van der Waals surface area (Å²) in [5.74, 6) is -1.19. The molecule has 1 heterocycles. The molecule has 0 amide bonds. The van der Waals surface area contributed by atoms with Gasteiger partial charge < -0.3 is 15.7 Å². The van der Waals surface area contributed by atoms with Crippen molar-refractivity contribution in [2.75, 3.05) is 17.2 Å². The van der Waals surface area contributed by atoms with Crippen molar-refractivity contribution in [3.63, 3.8) is 0 Å². The normalized spacial score (nSPS) is 10.3. The summed E-state index contributed by atoms with van der Waals surface area (Å²) in [4.78, 5) is 17.1. The number of aromatic nitrogens is 1. The number of rotatable bonds is 4. The van der Waals surface area contributed by atoms with Crippen molar-refractivity contribution in [2.24, 2.45) is 0 Å². The van der Waals surface area contributed by atoms with Crippen LogP contribution in [0.25, 0.3) is 0 Å². The van der Waals surface area contributed by atoms with Gasteiger partial charge >= 0.3 is 5.97 Å². The topological polar surface area (TPSA) is 79.5 Å². The minimum absolute atomic E-state index is 0.0103. The van der Waals surface area contributed by atoms with Crippen LogP contribution >= 0.6 is 0 Å². The van der Waals surface area contributed by atoms with E-state index in [0.29, 0.717) is 12.2 Å². The van der Waals surface area contributed by atoms with E-state index >= 15 is 0 Å². The lowest BCUT2D eigenvalue weighted by molar-refractivity contribution is 0.0697. The zero-order valence-electron chi connectivity index (χ0n) is 10.9. The third-order valence-electron chi connectivity index (χ3n) is 2.83. The summed E-state index contributed by atoms with van der Waals surface area (Å²) in [5.41, 5.74) is 6.52. The van der Waals surface area contributed by atoms with Gasteiger partial charge in [0.2, 0.25) is 0 Å². The van der Waals surface area contributed by atoms with E-state index < -0.39 is 5.97 Å². The second-order valence-corrected chi connectivity index (χ2v) is 4.17. The Kier molecular flexibility index (Phi) is 3.84. The van der Waals surface area contributed by atoms with Crippen LogP contribution in [0.2, 0.25) is 0 Å². The van der Waals surface area contributed by atoms with Crippen LogP contribution in [-0.2, 0) is 0 Å². The van der Waals surface area contributed by atoms with Crippen molar-refractivity contribution in [3.05, 3.63) is 47.9 Å². The Morgan fingerprint density at radius 1 is 1.40 bits per heavy atom. The van der Waals surface area contributed by atoms with Crippen molar-refractivity contribution >= 4 is 23.2 Å². The predicted molar refractivity (Wildman–Crippen MR) is 74.7 cm³/mol. The number of carboxylic acids is 1. The highest BCUT2D eigenvalue weighted by Gasteiger charge is 2.18. The van der Waals surface area contributed by atoms with E-state index in [4.69, 9.17) is 5.73 Å². The number of anilines is 3. The molecule has 0 aliphatic heterocycles. The van der Waals surface area contributed by atoms with E-state index in [1.54, 1.807) is 17.0 Å². The van der Waals surface area contributed by atoms with Gasteiger partial charge in [-0.25, -0.2) is 14.2 Å². The fourth-order valence-electron chi connectivity index (χ4n) is 1.92. The Bertz CT molecular complexity index is 629. The molecule has 1 aromatic heterocycles. The third kappa shape index (κ3) is 2.69. The van der Waals surface area contributed by atoms with Crippen molar-refractivity contribution in [1.29, 1.82) is 0 Å². The lowest BCUT2D eigenvalue weighted by Crippen LogP contribution is -2.20. The van der Waals surface area contributed by atoms with Crippen LogP contribution in [0, 0.1) is 5.82 Å². The number of pyridine rings is 1. The lowest BCUT2D eigenvalue weighted by Gasteiger charge is -2.23. The molecule has 0 radical (unpaired) electrons. The second kappa shape index (κ2) is 5.56. The zero-order valence-corrected chi connectivity index (χ0v) is 10.9. The van der Waals surface area contributed by atoms with Crippen molar-refractivity contribution in [1.82, 2.24) is 4.98 Å². The number of hydrogen-bond acceptors (Lipinski definition) is 4. The smallest absolute Gasteiger partial charge is 0.339 e. The highest BCUT2D eigenvalue weighted by Crippen LogP contribution is 2.27. The zero-order chi connectivity index (χ0) is 14.7. The maximum atomic E-state index is 13.0. The number of hydrogen-bond donors (Lipinski definition) is 2. The number of nitrogens with zero attached hydrogens (tertiary/aromatic N) is 2. The Balaban J connectivity index is 2.51. The van der Waals surface area contributed by atoms with Gasteiger partial charge in [0.05, 0.1) is 11.9 Å². The van der Waals surface area contributed by atoms with Crippen molar-refractivity contribution < 1.29 is 14.3 Å². The highest BCUT2D eigenvalue weighted by molar-refractivity contribution is 5.95. The van der Waals surface area contributed by atoms with Crippen LogP contribution in [0.5, 0.6) is 0 Å². The monoisotopic (exact) mass is 275 g/mol. The molecule has 3 N–H and O–H groups in total. The summed E-state index contributed by atoms with van der Waals surface area (Å²) in [5, 5.41) is 9.24. The number of carboxylic acid groups (broad SMARTS) is 1. The lowest BCUT2D eigenvalue weighted by atomic mass is 10.2. The van der Waals surface area contributed by atoms with Crippen LogP contribution in [0.3, 0.4) is 0 Å². The summed E-state index contributed by atoms with van der Waals surface area (Å²) < 4.78 is 13.0. The van der Waals surface area contributed by atoms with Crippen LogP contribution < -0.4 is 10.6 Å². The number of benzene rings is 1. The van der Waals surface area contributed by atoms with Gasteiger partial charge in [0.1, 0.15) is 17.2 Å². The van der Waals surface area contributed by atoms with Gasteiger partial charge in [0.25, 0.3) is 0 Å². The summed E-state index contributed by atoms with van der Waals surface area (Å²) in [6, 6.07) is 7.13. The first-order valence-corrected chi connectivity index (χ1v) is 6.05. The molecule has 1 aromatic carbocycles. The minimum Gasteiger partial charge on any atom is -0.478 e. The molecule has 0 unspecified atom stereocenters. The SMILES string of the molecule is CCN(c1ccc(F)cc1)c1ncc(N)cc1C(=O)O. The molecule has 0 saturated heterocycles. The Hall–Kier alpha value is -2.63. The number of nitrogen functional groups attached to an aromatic ring is 1. The fourth-order valence-corrected chi connectivity index (χ4v) is 1.92. The first-order valence-electron chi connectivity index (χ1n) is 6.05. The predicted octanol–water partition coefficient (Wildman–Crippen LogP) is 2.66. The van der Waals surface area contributed by atoms with Gasteiger partial charge in [-0.15, -0.1) is 0 Å². The van der Waals surface area contributed by atoms with E-state index in [9.17, 15) is 14.3 Å². The molecule has 2 aromatic rings. The van der Waals surface area contributed by atoms with Crippen LogP contribution in [0.1, 0.15) is 17.3 Å². The molecule has 0 aliphatic carbocycles. The van der Waals surface area contributed by atoms with Gasteiger partial charge in [0.15, 0.2) is 0 Å². The molecule has 0 bridgehead atoms. The molecule has 2 rings (SSSR count). The molecule has 0 aliphatic rings. The maximum absolute atomic E-state index is 13.0. The Labute approximate surface area is 115 Å². The number of nitrogens with two attached hydrogens (primary N) is 1. The van der Waals surface area contributed by atoms with Crippen molar-refractivity contribution in [3.8, 4) is 0 Å². The standard InChI is InChI=1S/C14H14FN3O2/c1-2-18(11-5-3-9(15)4-6-11)13-12(14(19)20)7-10(16)8-17-13/h3-8H,2,16H2,1H3,(H,19,20). The molecular formula is C14H14FN3O2.